The molecule has 1 aliphatic rings. The molecule has 0 amide bonds. The van der Waals surface area contributed by atoms with Gasteiger partial charge in [-0.25, -0.2) is 0 Å². The molecule has 1 heterocycles. The number of hydrogen-bond donors (Lipinski definition) is 0. The van der Waals surface area contributed by atoms with E-state index in [4.69, 9.17) is 9.47 Å². The van der Waals surface area contributed by atoms with E-state index in [2.05, 4.69) is 6.92 Å². The highest BCUT2D eigenvalue weighted by Gasteiger charge is 2.28. The average molecular weight is 191 g/mol. The van der Waals surface area contributed by atoms with Gasteiger partial charge in [0.25, 0.3) is 0 Å². The molecule has 1 radical (unpaired) electrons. The van der Waals surface area contributed by atoms with E-state index in [9.17, 15) is 4.79 Å². The summed E-state index contributed by atoms with van der Waals surface area (Å²) in [5.74, 6) is 0. The van der Waals surface area contributed by atoms with E-state index >= 15 is 0 Å². The van der Waals surface area contributed by atoms with Crippen LogP contribution in [0.2, 0.25) is 0 Å². The minimum absolute atomic E-state index is 0.226. The van der Waals surface area contributed by atoms with Crippen LogP contribution in [-0.4, -0.2) is 19.2 Å². The fraction of sp³-hybridized carbons (Fsp3) is 0.273. The van der Waals surface area contributed by atoms with Crippen LogP contribution in [-0.2, 0) is 9.47 Å². The van der Waals surface area contributed by atoms with Gasteiger partial charge in [-0.1, -0.05) is 24.3 Å². The molecule has 1 fully saturated rings. The van der Waals surface area contributed by atoms with Crippen molar-refractivity contribution in [3.63, 3.8) is 0 Å². The Kier molecular flexibility index (Phi) is 2.61. The largest absolute Gasteiger partial charge is 0.349 e. The number of carbonyl (C=O) groups is 1. The van der Waals surface area contributed by atoms with E-state index in [0.29, 0.717) is 5.56 Å². The van der Waals surface area contributed by atoms with Crippen LogP contribution in [0.1, 0.15) is 22.0 Å². The summed E-state index contributed by atoms with van der Waals surface area (Å²) >= 11 is 0. The molecule has 1 saturated heterocycles. The third kappa shape index (κ3) is 1.56. The summed E-state index contributed by atoms with van der Waals surface area (Å²) in [6.45, 7) is 4.05. The monoisotopic (exact) mass is 191 g/mol. The third-order valence-electron chi connectivity index (χ3n) is 2.30. The summed E-state index contributed by atoms with van der Waals surface area (Å²) in [5, 5.41) is 0. The zero-order valence-corrected chi connectivity index (χ0v) is 7.68. The summed E-state index contributed by atoms with van der Waals surface area (Å²) in [7, 11) is 0. The Morgan fingerprint density at radius 3 is 2.79 bits per heavy atom. The second kappa shape index (κ2) is 3.90. The lowest BCUT2D eigenvalue weighted by atomic mass is 10.0. The quantitative estimate of drug-likeness (QED) is 0.668. The smallest absolute Gasteiger partial charge is 0.150 e. The molecule has 14 heavy (non-hydrogen) atoms. The highest BCUT2D eigenvalue weighted by Crippen LogP contribution is 2.29. The Morgan fingerprint density at radius 1 is 1.36 bits per heavy atom. The highest BCUT2D eigenvalue weighted by atomic mass is 16.7. The first-order valence-electron chi connectivity index (χ1n) is 4.43. The molecule has 2 atom stereocenters. The zero-order valence-electron chi connectivity index (χ0n) is 7.68. The predicted molar refractivity (Wildman–Crippen MR) is 50.8 cm³/mol. The second-order valence-electron chi connectivity index (χ2n) is 3.16. The number of hydrogen-bond acceptors (Lipinski definition) is 3. The fourth-order valence-electron chi connectivity index (χ4n) is 1.56. The van der Waals surface area contributed by atoms with Gasteiger partial charge in [-0.15, -0.1) is 0 Å². The molecule has 2 unspecified atom stereocenters. The van der Waals surface area contributed by atoms with E-state index in [0.717, 1.165) is 11.8 Å². The molecule has 1 aromatic rings. The van der Waals surface area contributed by atoms with Crippen molar-refractivity contribution in [1.29, 1.82) is 0 Å². The average Bonchev–Trinajstić information content (AvgIpc) is 2.64. The van der Waals surface area contributed by atoms with Crippen LogP contribution in [0.15, 0.2) is 24.3 Å². The molecule has 0 aromatic heterocycles. The topological polar surface area (TPSA) is 35.5 Å². The van der Waals surface area contributed by atoms with Crippen LogP contribution < -0.4 is 0 Å². The molecule has 0 saturated carbocycles. The standard InChI is InChI=1S/C11H11O3/c1-8-11(14-7-13-8)10-5-3-2-4-9(10)6-12/h2-6,8,11H,1,7H2. The minimum Gasteiger partial charge on any atom is -0.349 e. The molecule has 3 nitrogen and oxygen atoms in total. The third-order valence-corrected chi connectivity index (χ3v) is 2.30. The van der Waals surface area contributed by atoms with Gasteiger partial charge in [0.2, 0.25) is 0 Å². The summed E-state index contributed by atoms with van der Waals surface area (Å²) < 4.78 is 10.5. The number of carbonyl (C=O) groups excluding carboxylic acids is 1. The van der Waals surface area contributed by atoms with Gasteiger partial charge in [0.1, 0.15) is 19.2 Å². The predicted octanol–water partition coefficient (Wildman–Crippen LogP) is 1.75. The van der Waals surface area contributed by atoms with Gasteiger partial charge < -0.3 is 9.47 Å². The number of aldehydes is 1. The molecule has 0 N–H and O–H groups in total. The minimum atomic E-state index is -0.240. The van der Waals surface area contributed by atoms with Crippen molar-refractivity contribution in [2.45, 2.75) is 12.2 Å². The Hall–Kier alpha value is -1.19. The van der Waals surface area contributed by atoms with Crippen LogP contribution in [0.4, 0.5) is 0 Å². The van der Waals surface area contributed by atoms with Gasteiger partial charge in [0.15, 0.2) is 0 Å². The normalized spacial score (nSPS) is 26.4. The maximum atomic E-state index is 10.8. The van der Waals surface area contributed by atoms with Crippen molar-refractivity contribution >= 4 is 6.29 Å². The molecule has 2 rings (SSSR count). The SMILES string of the molecule is [CH2]C1OCOC1c1ccccc1C=O. The molecule has 0 aliphatic carbocycles. The van der Waals surface area contributed by atoms with E-state index in [1.807, 2.05) is 18.2 Å². The van der Waals surface area contributed by atoms with Gasteiger partial charge in [-0.3, -0.25) is 4.79 Å². The van der Waals surface area contributed by atoms with Gasteiger partial charge in [0, 0.05) is 5.56 Å². The second-order valence-corrected chi connectivity index (χ2v) is 3.16. The van der Waals surface area contributed by atoms with E-state index < -0.39 is 0 Å². The van der Waals surface area contributed by atoms with Crippen LogP contribution in [0, 0.1) is 6.92 Å². The number of rotatable bonds is 2. The van der Waals surface area contributed by atoms with Crippen molar-refractivity contribution in [2.24, 2.45) is 0 Å². The summed E-state index contributed by atoms with van der Waals surface area (Å²) in [5.41, 5.74) is 1.48. The van der Waals surface area contributed by atoms with Crippen molar-refractivity contribution in [3.05, 3.63) is 42.3 Å². The summed E-state index contributed by atoms with van der Waals surface area (Å²) in [6, 6.07) is 7.32. The van der Waals surface area contributed by atoms with Crippen LogP contribution in [0.25, 0.3) is 0 Å². The van der Waals surface area contributed by atoms with Crippen LogP contribution >= 0.6 is 0 Å². The Morgan fingerprint density at radius 2 is 2.14 bits per heavy atom. The van der Waals surface area contributed by atoms with Gasteiger partial charge in [0.05, 0.1) is 6.10 Å². The van der Waals surface area contributed by atoms with Gasteiger partial charge in [-0.2, -0.15) is 0 Å². The van der Waals surface area contributed by atoms with Gasteiger partial charge >= 0.3 is 0 Å². The highest BCUT2D eigenvalue weighted by molar-refractivity contribution is 5.77. The van der Waals surface area contributed by atoms with E-state index in [1.54, 1.807) is 6.07 Å². The molecular formula is C11H11O3. The van der Waals surface area contributed by atoms with Crippen molar-refractivity contribution in [3.8, 4) is 0 Å². The molecule has 1 aromatic carbocycles. The van der Waals surface area contributed by atoms with Gasteiger partial charge in [-0.05, 0) is 12.5 Å². The van der Waals surface area contributed by atoms with Crippen molar-refractivity contribution in [2.75, 3.05) is 6.79 Å². The first-order valence-corrected chi connectivity index (χ1v) is 4.43. The van der Waals surface area contributed by atoms with Crippen LogP contribution in [0.5, 0.6) is 0 Å². The fourth-order valence-corrected chi connectivity index (χ4v) is 1.56. The summed E-state index contributed by atoms with van der Waals surface area (Å²) in [4.78, 5) is 10.8. The number of ether oxygens (including phenoxy) is 2. The summed E-state index contributed by atoms with van der Waals surface area (Å²) in [6.07, 6.45) is 0.358. The molecule has 3 heteroatoms. The maximum absolute atomic E-state index is 10.8. The lowest BCUT2D eigenvalue weighted by molar-refractivity contribution is 0.0424. The maximum Gasteiger partial charge on any atom is 0.150 e. The first kappa shape index (κ1) is 9.37. The van der Waals surface area contributed by atoms with E-state index in [1.165, 1.54) is 0 Å². The number of benzene rings is 1. The van der Waals surface area contributed by atoms with Crippen LogP contribution in [0.3, 0.4) is 0 Å². The lowest BCUT2D eigenvalue weighted by Crippen LogP contribution is -2.12. The van der Waals surface area contributed by atoms with E-state index in [-0.39, 0.29) is 19.0 Å². The molecular weight excluding hydrogens is 180 g/mol. The molecule has 73 valence electrons. The van der Waals surface area contributed by atoms with Crippen molar-refractivity contribution in [1.82, 2.24) is 0 Å². The Bertz CT molecular complexity index is 335. The Labute approximate surface area is 82.6 Å². The molecule has 1 aliphatic heterocycles. The zero-order chi connectivity index (χ0) is 9.97. The lowest BCUT2D eigenvalue weighted by Gasteiger charge is -2.14. The Balaban J connectivity index is 2.34. The van der Waals surface area contributed by atoms with Crippen molar-refractivity contribution < 1.29 is 14.3 Å². The first-order chi connectivity index (χ1) is 6.83. The molecule has 0 spiro atoms. The molecule has 0 bridgehead atoms.